The van der Waals surface area contributed by atoms with Crippen molar-refractivity contribution in [1.29, 1.82) is 0 Å². The number of rotatable bonds is 10. The van der Waals surface area contributed by atoms with E-state index in [-0.39, 0.29) is 16.8 Å². The van der Waals surface area contributed by atoms with Crippen LogP contribution in [0.2, 0.25) is 0 Å². The molecule has 110 valence electrons. The summed E-state index contributed by atoms with van der Waals surface area (Å²) < 4.78 is 0. The van der Waals surface area contributed by atoms with Crippen LogP contribution in [0.25, 0.3) is 0 Å². The number of hydrogen-bond acceptors (Lipinski definition) is 4. The first-order valence-electron chi connectivity index (χ1n) is 6.98. The predicted octanol–water partition coefficient (Wildman–Crippen LogP) is 2.56. The molecule has 0 fully saturated rings. The molecule has 0 rings (SSSR count). The lowest BCUT2D eigenvalue weighted by Crippen LogP contribution is -2.26. The van der Waals surface area contributed by atoms with Gasteiger partial charge in [0.2, 0.25) is 5.91 Å². The Bertz CT molecular complexity index is 305. The number of carbonyl (C=O) groups excluding carboxylic acids is 3. The van der Waals surface area contributed by atoms with E-state index in [1.807, 2.05) is 13.8 Å². The molecule has 0 bridgehead atoms. The Morgan fingerprint density at radius 2 is 1.79 bits per heavy atom. The third kappa shape index (κ3) is 8.81. The first-order chi connectivity index (χ1) is 9.02. The zero-order valence-electron chi connectivity index (χ0n) is 12.2. The minimum absolute atomic E-state index is 0.00646. The molecule has 4 nitrogen and oxygen atoms in total. The van der Waals surface area contributed by atoms with Crippen LogP contribution in [0.15, 0.2) is 0 Å². The third-order valence-electron chi connectivity index (χ3n) is 2.76. The fraction of sp³-hybridized carbons (Fsp3) is 0.786. The van der Waals surface area contributed by atoms with Crippen LogP contribution in [0.5, 0.6) is 0 Å². The first kappa shape index (κ1) is 18.2. The van der Waals surface area contributed by atoms with Gasteiger partial charge in [-0.2, -0.15) is 0 Å². The Hall–Kier alpha value is -0.840. The van der Waals surface area contributed by atoms with Crippen molar-refractivity contribution in [1.82, 2.24) is 5.32 Å². The lowest BCUT2D eigenvalue weighted by atomic mass is 10.0. The van der Waals surface area contributed by atoms with Gasteiger partial charge in [-0.15, -0.1) is 0 Å². The van der Waals surface area contributed by atoms with Crippen LogP contribution >= 0.6 is 11.8 Å². The normalized spacial score (nSPS) is 11.9. The summed E-state index contributed by atoms with van der Waals surface area (Å²) in [6.07, 6.45) is 3.66. The molecule has 1 N–H and O–H groups in total. The summed E-state index contributed by atoms with van der Waals surface area (Å²) in [6, 6.07) is 0. The number of ketones is 1. The van der Waals surface area contributed by atoms with Gasteiger partial charge in [0.1, 0.15) is 5.78 Å². The Morgan fingerprint density at radius 1 is 1.11 bits per heavy atom. The molecule has 0 aromatic heterocycles. The monoisotopic (exact) mass is 287 g/mol. The second-order valence-electron chi connectivity index (χ2n) is 4.56. The summed E-state index contributed by atoms with van der Waals surface area (Å²) in [7, 11) is 0. The second kappa shape index (κ2) is 11.0. The van der Waals surface area contributed by atoms with Crippen molar-refractivity contribution in [2.24, 2.45) is 5.92 Å². The molecule has 0 heterocycles. The number of amides is 1. The zero-order valence-corrected chi connectivity index (χ0v) is 13.0. The maximum atomic E-state index is 11.7. The maximum Gasteiger partial charge on any atom is 0.220 e. The van der Waals surface area contributed by atoms with E-state index in [2.05, 4.69) is 5.32 Å². The molecule has 0 aliphatic heterocycles. The van der Waals surface area contributed by atoms with Crippen molar-refractivity contribution in [3.05, 3.63) is 0 Å². The minimum Gasteiger partial charge on any atom is -0.355 e. The molecule has 0 aliphatic rings. The predicted molar refractivity (Wildman–Crippen MR) is 79.1 cm³/mol. The lowest BCUT2D eigenvalue weighted by Gasteiger charge is -2.08. The van der Waals surface area contributed by atoms with Crippen molar-refractivity contribution >= 4 is 28.6 Å². The fourth-order valence-corrected chi connectivity index (χ4v) is 2.27. The van der Waals surface area contributed by atoms with Crippen molar-refractivity contribution in [3.8, 4) is 0 Å². The van der Waals surface area contributed by atoms with Gasteiger partial charge < -0.3 is 5.32 Å². The minimum atomic E-state index is -0.527. The van der Waals surface area contributed by atoms with E-state index in [1.54, 1.807) is 6.92 Å². The molecule has 19 heavy (non-hydrogen) atoms. The van der Waals surface area contributed by atoms with Gasteiger partial charge in [0.15, 0.2) is 5.12 Å². The van der Waals surface area contributed by atoms with Crippen LogP contribution in [0, 0.1) is 5.92 Å². The molecular weight excluding hydrogens is 262 g/mol. The van der Waals surface area contributed by atoms with E-state index in [1.165, 1.54) is 0 Å². The quantitative estimate of drug-likeness (QED) is 0.495. The van der Waals surface area contributed by atoms with E-state index in [0.717, 1.165) is 31.0 Å². The largest absolute Gasteiger partial charge is 0.355 e. The molecule has 0 aromatic carbocycles. The van der Waals surface area contributed by atoms with Crippen LogP contribution < -0.4 is 5.32 Å². The van der Waals surface area contributed by atoms with Crippen LogP contribution in [0.1, 0.15) is 52.9 Å². The van der Waals surface area contributed by atoms with Crippen molar-refractivity contribution in [2.45, 2.75) is 52.9 Å². The summed E-state index contributed by atoms with van der Waals surface area (Å²) in [5.74, 6) is 0.0400. The van der Waals surface area contributed by atoms with Crippen LogP contribution in [0.4, 0.5) is 0 Å². The summed E-state index contributed by atoms with van der Waals surface area (Å²) in [4.78, 5) is 34.6. The van der Waals surface area contributed by atoms with E-state index >= 15 is 0 Å². The van der Waals surface area contributed by atoms with Crippen LogP contribution in [-0.4, -0.2) is 29.1 Å². The molecule has 0 radical (unpaired) electrons. The molecule has 0 aromatic rings. The molecule has 0 saturated carbocycles. The summed E-state index contributed by atoms with van der Waals surface area (Å²) in [6.45, 7) is 6.10. The standard InChI is InChI=1S/C14H25NO3S/c1-4-6-8-13(17)15-9-10-19-14(18)11(3)12(16)7-5-2/h11H,4-10H2,1-3H3,(H,15,17). The number of thioether (sulfide) groups is 1. The Morgan fingerprint density at radius 3 is 2.37 bits per heavy atom. The van der Waals surface area contributed by atoms with Gasteiger partial charge in [-0.3, -0.25) is 14.4 Å². The Kier molecular flexibility index (Phi) is 10.5. The van der Waals surface area contributed by atoms with Gasteiger partial charge >= 0.3 is 0 Å². The van der Waals surface area contributed by atoms with Crippen molar-refractivity contribution < 1.29 is 14.4 Å². The highest BCUT2D eigenvalue weighted by molar-refractivity contribution is 8.13. The van der Waals surface area contributed by atoms with Gasteiger partial charge in [-0.1, -0.05) is 32.0 Å². The van der Waals surface area contributed by atoms with E-state index in [0.29, 0.717) is 25.1 Å². The van der Waals surface area contributed by atoms with Gasteiger partial charge in [-0.25, -0.2) is 0 Å². The number of nitrogens with one attached hydrogen (secondary N) is 1. The highest BCUT2D eigenvalue weighted by Crippen LogP contribution is 2.13. The lowest BCUT2D eigenvalue weighted by molar-refractivity contribution is -0.128. The van der Waals surface area contributed by atoms with Gasteiger partial charge in [0, 0.05) is 25.1 Å². The topological polar surface area (TPSA) is 63.2 Å². The number of Topliss-reactive ketones (excluding diaryl/α,β-unsaturated/α-hetero) is 1. The number of unbranched alkanes of at least 4 members (excludes halogenated alkanes) is 1. The molecular formula is C14H25NO3S. The second-order valence-corrected chi connectivity index (χ2v) is 5.66. The van der Waals surface area contributed by atoms with Crippen LogP contribution in [0.3, 0.4) is 0 Å². The molecule has 0 aliphatic carbocycles. The van der Waals surface area contributed by atoms with Gasteiger partial charge in [0.25, 0.3) is 0 Å². The Labute approximate surface area is 120 Å². The number of hydrogen-bond donors (Lipinski definition) is 1. The van der Waals surface area contributed by atoms with Crippen LogP contribution in [-0.2, 0) is 14.4 Å². The van der Waals surface area contributed by atoms with Gasteiger partial charge in [0.05, 0.1) is 5.92 Å². The molecule has 5 heteroatoms. The molecule has 1 amide bonds. The average molecular weight is 287 g/mol. The average Bonchev–Trinajstić information content (AvgIpc) is 2.40. The smallest absolute Gasteiger partial charge is 0.220 e. The maximum absolute atomic E-state index is 11.7. The first-order valence-corrected chi connectivity index (χ1v) is 7.97. The summed E-state index contributed by atoms with van der Waals surface area (Å²) >= 11 is 1.13. The SMILES string of the molecule is CCCCC(=O)NCCSC(=O)C(C)C(=O)CCC. The van der Waals surface area contributed by atoms with Crippen molar-refractivity contribution in [2.75, 3.05) is 12.3 Å². The molecule has 0 saturated heterocycles. The zero-order chi connectivity index (χ0) is 14.7. The number of carbonyl (C=O) groups is 3. The molecule has 0 spiro atoms. The third-order valence-corrected chi connectivity index (χ3v) is 3.81. The molecule has 1 atom stereocenters. The fourth-order valence-electron chi connectivity index (χ4n) is 1.49. The highest BCUT2D eigenvalue weighted by atomic mass is 32.2. The molecule has 1 unspecified atom stereocenters. The van der Waals surface area contributed by atoms with E-state index < -0.39 is 5.92 Å². The highest BCUT2D eigenvalue weighted by Gasteiger charge is 2.20. The van der Waals surface area contributed by atoms with Crippen molar-refractivity contribution in [3.63, 3.8) is 0 Å². The van der Waals surface area contributed by atoms with E-state index in [9.17, 15) is 14.4 Å². The van der Waals surface area contributed by atoms with Gasteiger partial charge in [-0.05, 0) is 19.8 Å². The van der Waals surface area contributed by atoms with E-state index in [4.69, 9.17) is 0 Å². The summed E-state index contributed by atoms with van der Waals surface area (Å²) in [5, 5.41) is 2.67. The Balaban J connectivity index is 3.74. The summed E-state index contributed by atoms with van der Waals surface area (Å²) in [5.41, 5.74) is 0.